The lowest BCUT2D eigenvalue weighted by atomic mass is 10.2. The maximum atomic E-state index is 12.3. The van der Waals surface area contributed by atoms with E-state index in [4.69, 9.17) is 14.7 Å². The molecule has 0 saturated carbocycles. The van der Waals surface area contributed by atoms with Gasteiger partial charge in [-0.05, 0) is 18.6 Å². The molecule has 0 radical (unpaired) electrons. The minimum Gasteiger partial charge on any atom is -0.424 e. The number of rotatable bonds is 5. The van der Waals surface area contributed by atoms with Crippen molar-refractivity contribution in [1.29, 1.82) is 0 Å². The van der Waals surface area contributed by atoms with Crippen molar-refractivity contribution in [1.82, 2.24) is 18.9 Å². The number of nitrogens with zero attached hydrogens (tertiary/aromatic N) is 4. The predicted molar refractivity (Wildman–Crippen MR) is 111 cm³/mol. The summed E-state index contributed by atoms with van der Waals surface area (Å²) in [6, 6.07) is 8.04. The van der Waals surface area contributed by atoms with Crippen molar-refractivity contribution in [3.63, 3.8) is 0 Å². The van der Waals surface area contributed by atoms with Crippen LogP contribution in [0.2, 0.25) is 0 Å². The maximum Gasteiger partial charge on any atom is 0.313 e. The summed E-state index contributed by atoms with van der Waals surface area (Å²) < 4.78 is 9.94. The highest BCUT2D eigenvalue weighted by molar-refractivity contribution is 6.01. The molecule has 0 bridgehead atoms. The second kappa shape index (κ2) is 6.93. The molecular formula is C22H26N4O2. The second-order valence-electron chi connectivity index (χ2n) is 7.85. The number of carbonyl (C=O) groups is 1. The van der Waals surface area contributed by atoms with Crippen LogP contribution in [-0.2, 0) is 11.3 Å². The minimum absolute atomic E-state index is 0.206. The van der Waals surface area contributed by atoms with Crippen LogP contribution in [0.15, 0.2) is 30.5 Å². The molecule has 0 atom stereocenters. The maximum absolute atomic E-state index is 12.3. The van der Waals surface area contributed by atoms with Crippen LogP contribution in [0.4, 0.5) is 0 Å². The fourth-order valence-corrected chi connectivity index (χ4v) is 3.54. The average molecular weight is 378 g/mol. The van der Waals surface area contributed by atoms with Gasteiger partial charge in [-0.2, -0.15) is 0 Å². The molecule has 3 heterocycles. The van der Waals surface area contributed by atoms with Crippen molar-refractivity contribution in [3.8, 4) is 5.75 Å². The van der Waals surface area contributed by atoms with E-state index in [1.165, 1.54) is 0 Å². The van der Waals surface area contributed by atoms with Crippen LogP contribution in [0.5, 0.6) is 5.75 Å². The molecule has 3 aromatic heterocycles. The van der Waals surface area contributed by atoms with Gasteiger partial charge in [0.2, 0.25) is 0 Å². The predicted octanol–water partition coefficient (Wildman–Crippen LogP) is 4.93. The van der Waals surface area contributed by atoms with Gasteiger partial charge in [0.1, 0.15) is 16.9 Å². The van der Waals surface area contributed by atoms with Crippen molar-refractivity contribution >= 4 is 33.7 Å². The molecule has 28 heavy (non-hydrogen) atoms. The van der Waals surface area contributed by atoms with Gasteiger partial charge in [-0.15, -0.1) is 0 Å². The number of hydrogen-bond donors (Lipinski definition) is 0. The number of imidazole rings is 1. The molecule has 6 heteroatoms. The number of ether oxygens (including phenoxy) is 1. The summed E-state index contributed by atoms with van der Waals surface area (Å²) in [6.07, 6.45) is 2.85. The molecule has 146 valence electrons. The molecule has 0 amide bonds. The van der Waals surface area contributed by atoms with E-state index in [0.29, 0.717) is 5.75 Å². The first-order valence-electron chi connectivity index (χ1n) is 9.94. The number of hydrogen-bond acceptors (Lipinski definition) is 4. The van der Waals surface area contributed by atoms with E-state index in [1.54, 1.807) is 0 Å². The van der Waals surface area contributed by atoms with Crippen molar-refractivity contribution < 1.29 is 9.53 Å². The lowest BCUT2D eigenvalue weighted by Crippen LogP contribution is -2.14. The zero-order valence-electron chi connectivity index (χ0n) is 17.1. The summed E-state index contributed by atoms with van der Waals surface area (Å²) in [5.41, 5.74) is 3.53. The summed E-state index contributed by atoms with van der Waals surface area (Å²) in [6.45, 7) is 10.9. The molecule has 0 unspecified atom stereocenters. The fourth-order valence-electron chi connectivity index (χ4n) is 3.54. The second-order valence-corrected chi connectivity index (χ2v) is 7.85. The highest BCUT2D eigenvalue weighted by Gasteiger charge is 2.23. The Morgan fingerprint density at radius 3 is 2.54 bits per heavy atom. The van der Waals surface area contributed by atoms with Gasteiger partial charge in [0.25, 0.3) is 0 Å². The van der Waals surface area contributed by atoms with Gasteiger partial charge in [-0.1, -0.05) is 46.8 Å². The molecule has 0 aliphatic carbocycles. The molecule has 4 rings (SSSR count). The van der Waals surface area contributed by atoms with Gasteiger partial charge in [-0.25, -0.2) is 9.97 Å². The zero-order chi connectivity index (χ0) is 20.0. The molecule has 0 N–H and O–H groups in total. The van der Waals surface area contributed by atoms with E-state index in [1.807, 2.05) is 38.2 Å². The number of benzene rings is 1. The Balaban J connectivity index is 2.12. The molecule has 0 saturated heterocycles. The topological polar surface area (TPSA) is 61.4 Å². The Labute approximate surface area is 164 Å². The largest absolute Gasteiger partial charge is 0.424 e. The highest BCUT2D eigenvalue weighted by atomic mass is 16.5. The monoisotopic (exact) mass is 378 g/mol. The molecule has 0 fully saturated rings. The molecule has 0 aliphatic rings. The highest BCUT2D eigenvalue weighted by Crippen LogP contribution is 2.35. The molecule has 0 aliphatic heterocycles. The quantitative estimate of drug-likeness (QED) is 0.462. The van der Waals surface area contributed by atoms with Gasteiger partial charge in [0.05, 0.1) is 17.0 Å². The summed E-state index contributed by atoms with van der Waals surface area (Å²) in [5.74, 6) is 1.25. The van der Waals surface area contributed by atoms with Crippen LogP contribution in [0.25, 0.3) is 27.7 Å². The standard InChI is InChI=1S/C22H26N4O2/c1-6-11-25-12-17(28-22(27)14(4)5)18-20(25)24-19(13(2)3)26-16-10-8-7-9-15(16)23-21(18)26/h7-10,12-14H,6,11H2,1-5H3. The lowest BCUT2D eigenvalue weighted by molar-refractivity contribution is -0.137. The Hall–Kier alpha value is -2.89. The van der Waals surface area contributed by atoms with Crippen molar-refractivity contribution in [2.45, 2.75) is 53.5 Å². The third-order valence-electron chi connectivity index (χ3n) is 4.91. The van der Waals surface area contributed by atoms with Gasteiger partial charge >= 0.3 is 5.97 Å². The van der Waals surface area contributed by atoms with Gasteiger partial charge < -0.3 is 9.30 Å². The smallest absolute Gasteiger partial charge is 0.313 e. The molecule has 6 nitrogen and oxygen atoms in total. The van der Waals surface area contributed by atoms with Crippen molar-refractivity contribution in [2.24, 2.45) is 5.92 Å². The van der Waals surface area contributed by atoms with E-state index in [9.17, 15) is 4.79 Å². The number of aryl methyl sites for hydroxylation is 1. The Morgan fingerprint density at radius 1 is 1.11 bits per heavy atom. The fraction of sp³-hybridized carbons (Fsp3) is 0.409. The first kappa shape index (κ1) is 18.5. The van der Waals surface area contributed by atoms with Crippen LogP contribution in [-0.4, -0.2) is 24.9 Å². The van der Waals surface area contributed by atoms with E-state index < -0.39 is 0 Å². The molecule has 4 aromatic rings. The lowest BCUT2D eigenvalue weighted by Gasteiger charge is -2.11. The van der Waals surface area contributed by atoms with Crippen LogP contribution in [0.3, 0.4) is 0 Å². The van der Waals surface area contributed by atoms with Gasteiger partial charge in [0, 0.05) is 18.7 Å². The summed E-state index contributed by atoms with van der Waals surface area (Å²) in [4.78, 5) is 22.2. The summed E-state index contributed by atoms with van der Waals surface area (Å²) >= 11 is 0. The molecular weight excluding hydrogens is 352 g/mol. The first-order valence-corrected chi connectivity index (χ1v) is 9.94. The Morgan fingerprint density at radius 2 is 1.86 bits per heavy atom. The zero-order valence-corrected chi connectivity index (χ0v) is 17.1. The van der Waals surface area contributed by atoms with Crippen LogP contribution in [0, 0.1) is 5.92 Å². The average Bonchev–Trinajstić information content (AvgIpc) is 3.19. The van der Waals surface area contributed by atoms with Crippen LogP contribution in [0.1, 0.15) is 52.8 Å². The number of carbonyl (C=O) groups excluding carboxylic acids is 1. The Kier molecular flexibility index (Phi) is 4.57. The summed E-state index contributed by atoms with van der Waals surface area (Å²) in [5, 5.41) is 0.794. The summed E-state index contributed by atoms with van der Waals surface area (Å²) in [7, 11) is 0. The third kappa shape index (κ3) is 2.84. The van der Waals surface area contributed by atoms with E-state index >= 15 is 0 Å². The Bertz CT molecular complexity index is 1180. The number of fused-ring (bicyclic) bond motifs is 5. The first-order chi connectivity index (χ1) is 13.4. The number of esters is 1. The van der Waals surface area contributed by atoms with Gasteiger partial charge in [0.15, 0.2) is 11.4 Å². The SMILES string of the molecule is CCCn1cc(OC(=O)C(C)C)c2c1nc(C(C)C)n1c3ccccc3nc21. The van der Waals surface area contributed by atoms with Crippen LogP contribution >= 0.6 is 0 Å². The number of para-hydroxylation sites is 2. The van der Waals surface area contributed by atoms with Crippen LogP contribution < -0.4 is 4.74 Å². The molecule has 1 aromatic carbocycles. The van der Waals surface area contributed by atoms with Crippen molar-refractivity contribution in [2.75, 3.05) is 0 Å². The molecule has 0 spiro atoms. The van der Waals surface area contributed by atoms with Gasteiger partial charge in [-0.3, -0.25) is 9.20 Å². The van der Waals surface area contributed by atoms with E-state index in [-0.39, 0.29) is 17.8 Å². The third-order valence-corrected chi connectivity index (χ3v) is 4.91. The normalized spacial score (nSPS) is 12.1. The van der Waals surface area contributed by atoms with Crippen molar-refractivity contribution in [3.05, 3.63) is 36.3 Å². The van der Waals surface area contributed by atoms with E-state index in [0.717, 1.165) is 46.5 Å². The number of aromatic nitrogens is 4. The van der Waals surface area contributed by atoms with E-state index in [2.05, 4.69) is 35.8 Å². The minimum atomic E-state index is -0.252.